The van der Waals surface area contributed by atoms with Crippen molar-refractivity contribution in [2.24, 2.45) is 5.92 Å². The molecule has 1 aromatic carbocycles. The highest BCUT2D eigenvalue weighted by Crippen LogP contribution is 2.31. The molecule has 2 aliphatic rings. The van der Waals surface area contributed by atoms with Gasteiger partial charge in [-0.2, -0.15) is 4.98 Å². The first-order valence-electron chi connectivity index (χ1n) is 11.4. The summed E-state index contributed by atoms with van der Waals surface area (Å²) in [5.41, 5.74) is 1.65. The van der Waals surface area contributed by atoms with E-state index in [2.05, 4.69) is 42.4 Å². The number of allylic oxidation sites excluding steroid dienone is 1. The lowest BCUT2D eigenvalue weighted by Gasteiger charge is -2.35. The Labute approximate surface area is 194 Å². The van der Waals surface area contributed by atoms with E-state index in [1.165, 1.54) is 0 Å². The SMILES string of the molecule is CCS(=O)(=O)Nc1ccc2c(c1)N1CCC[C@@H](C/C=C\CCNc3nccc(n3)NC2=O)C1. The highest BCUT2D eigenvalue weighted by molar-refractivity contribution is 7.92. The molecule has 1 amide bonds. The molecule has 9 nitrogen and oxygen atoms in total. The maximum atomic E-state index is 13.2. The summed E-state index contributed by atoms with van der Waals surface area (Å²) in [6.45, 7) is 3.92. The number of anilines is 4. The second kappa shape index (κ2) is 10.2. The molecule has 4 bridgehead atoms. The van der Waals surface area contributed by atoms with Gasteiger partial charge < -0.3 is 15.5 Å². The minimum absolute atomic E-state index is 0.0211. The molecule has 1 aromatic heterocycles. The van der Waals surface area contributed by atoms with Gasteiger partial charge in [0, 0.05) is 25.8 Å². The summed E-state index contributed by atoms with van der Waals surface area (Å²) in [7, 11) is -3.43. The quantitative estimate of drug-likeness (QED) is 0.588. The van der Waals surface area contributed by atoms with Crippen LogP contribution in [-0.4, -0.2) is 49.7 Å². The minimum Gasteiger partial charge on any atom is -0.371 e. The van der Waals surface area contributed by atoms with Crippen molar-refractivity contribution in [3.63, 3.8) is 0 Å². The molecule has 2 aromatic rings. The van der Waals surface area contributed by atoms with E-state index in [1.54, 1.807) is 37.4 Å². The van der Waals surface area contributed by atoms with Crippen molar-refractivity contribution in [2.75, 3.05) is 45.6 Å². The number of hydrogen-bond donors (Lipinski definition) is 3. The van der Waals surface area contributed by atoms with Gasteiger partial charge in [-0.1, -0.05) is 12.2 Å². The van der Waals surface area contributed by atoms with Crippen LogP contribution in [0.25, 0.3) is 0 Å². The summed E-state index contributed by atoms with van der Waals surface area (Å²) in [6.07, 6.45) is 9.96. The van der Waals surface area contributed by atoms with Crippen molar-refractivity contribution in [2.45, 2.75) is 32.6 Å². The number of fused-ring (bicyclic) bond motifs is 6. The zero-order chi connectivity index (χ0) is 23.3. The van der Waals surface area contributed by atoms with E-state index in [0.717, 1.165) is 44.5 Å². The molecule has 3 heterocycles. The largest absolute Gasteiger partial charge is 0.371 e. The molecule has 33 heavy (non-hydrogen) atoms. The number of nitrogens with one attached hydrogen (secondary N) is 3. The van der Waals surface area contributed by atoms with Crippen molar-refractivity contribution >= 4 is 39.1 Å². The zero-order valence-corrected chi connectivity index (χ0v) is 19.6. The van der Waals surface area contributed by atoms with Crippen LogP contribution in [0.3, 0.4) is 0 Å². The third-order valence-electron chi connectivity index (χ3n) is 5.88. The topological polar surface area (TPSA) is 116 Å². The Bertz CT molecular complexity index is 1130. The molecule has 0 spiro atoms. The zero-order valence-electron chi connectivity index (χ0n) is 18.8. The molecule has 1 fully saturated rings. The lowest BCUT2D eigenvalue weighted by molar-refractivity contribution is 0.102. The van der Waals surface area contributed by atoms with Gasteiger partial charge in [0.15, 0.2) is 0 Å². The number of rotatable bonds is 3. The predicted octanol–water partition coefficient (Wildman–Crippen LogP) is 3.47. The number of benzene rings is 1. The summed E-state index contributed by atoms with van der Waals surface area (Å²) >= 11 is 0. The molecule has 10 heteroatoms. The number of hydrogen-bond acceptors (Lipinski definition) is 7. The van der Waals surface area contributed by atoms with Crippen LogP contribution in [0.15, 0.2) is 42.6 Å². The first-order chi connectivity index (χ1) is 15.9. The van der Waals surface area contributed by atoms with E-state index in [1.807, 2.05) is 0 Å². The van der Waals surface area contributed by atoms with Crippen molar-refractivity contribution in [3.8, 4) is 0 Å². The Kier molecular flexibility index (Phi) is 7.12. The van der Waals surface area contributed by atoms with Crippen LogP contribution < -0.4 is 20.3 Å². The molecule has 0 saturated carbocycles. The molecule has 3 N–H and O–H groups in total. The van der Waals surface area contributed by atoms with Crippen molar-refractivity contribution < 1.29 is 13.2 Å². The van der Waals surface area contributed by atoms with Gasteiger partial charge in [-0.15, -0.1) is 0 Å². The lowest BCUT2D eigenvalue weighted by atomic mass is 9.93. The van der Waals surface area contributed by atoms with Gasteiger partial charge in [0.25, 0.3) is 5.91 Å². The van der Waals surface area contributed by atoms with Crippen LogP contribution in [0, 0.1) is 5.92 Å². The van der Waals surface area contributed by atoms with Crippen molar-refractivity contribution in [3.05, 3.63) is 48.2 Å². The molecule has 2 aliphatic heterocycles. The van der Waals surface area contributed by atoms with E-state index in [0.29, 0.717) is 35.5 Å². The Balaban J connectivity index is 1.72. The van der Waals surface area contributed by atoms with Crippen molar-refractivity contribution in [1.29, 1.82) is 0 Å². The normalized spacial score (nSPS) is 20.2. The third kappa shape index (κ3) is 6.01. The Morgan fingerprint density at radius 2 is 2.12 bits per heavy atom. The molecular formula is C23H30N6O3S. The van der Waals surface area contributed by atoms with Crippen LogP contribution in [0.5, 0.6) is 0 Å². The lowest BCUT2D eigenvalue weighted by Crippen LogP contribution is -2.36. The standard InChI is InChI=1S/C23H30N6O3S/c1-2-33(31,32)28-18-9-10-19-20(15-18)29-14-6-8-17(16-29)7-4-3-5-12-24-23-25-13-11-21(27-23)26-22(19)30/h3-4,9-11,13,15,17,28H,2,5-8,12,14,16H2,1H3,(H2,24,25,26,27,30)/b4-3-/t17-/m1/s1. The van der Waals surface area contributed by atoms with Gasteiger partial charge in [-0.3, -0.25) is 9.52 Å². The summed E-state index contributed by atoms with van der Waals surface area (Å²) < 4.78 is 26.8. The van der Waals surface area contributed by atoms with Gasteiger partial charge >= 0.3 is 0 Å². The highest BCUT2D eigenvalue weighted by Gasteiger charge is 2.24. The highest BCUT2D eigenvalue weighted by atomic mass is 32.2. The Morgan fingerprint density at radius 3 is 2.97 bits per heavy atom. The summed E-state index contributed by atoms with van der Waals surface area (Å²) in [4.78, 5) is 24.0. The van der Waals surface area contributed by atoms with Gasteiger partial charge in [0.05, 0.1) is 22.7 Å². The van der Waals surface area contributed by atoms with Crippen LogP contribution in [-0.2, 0) is 10.0 Å². The van der Waals surface area contributed by atoms with E-state index in [4.69, 9.17) is 0 Å². The van der Waals surface area contributed by atoms with Gasteiger partial charge in [0.1, 0.15) is 5.82 Å². The van der Waals surface area contributed by atoms with Gasteiger partial charge in [-0.05, 0) is 62.8 Å². The molecule has 0 radical (unpaired) electrons. The molecular weight excluding hydrogens is 440 g/mol. The first-order valence-corrected chi connectivity index (χ1v) is 13.0. The maximum Gasteiger partial charge on any atom is 0.258 e. The second-order valence-corrected chi connectivity index (χ2v) is 10.3. The second-order valence-electron chi connectivity index (χ2n) is 8.33. The van der Waals surface area contributed by atoms with Crippen LogP contribution >= 0.6 is 0 Å². The number of amides is 1. The Hall–Kier alpha value is -3.14. The van der Waals surface area contributed by atoms with E-state index >= 15 is 0 Å². The predicted molar refractivity (Wildman–Crippen MR) is 131 cm³/mol. The fraction of sp³-hybridized carbons (Fsp3) is 0.435. The molecule has 4 rings (SSSR count). The average molecular weight is 471 g/mol. The van der Waals surface area contributed by atoms with E-state index < -0.39 is 10.0 Å². The van der Waals surface area contributed by atoms with Crippen LogP contribution in [0.4, 0.5) is 23.1 Å². The van der Waals surface area contributed by atoms with Crippen molar-refractivity contribution in [1.82, 2.24) is 9.97 Å². The molecule has 176 valence electrons. The fourth-order valence-corrected chi connectivity index (χ4v) is 4.78. The average Bonchev–Trinajstić information content (AvgIpc) is 2.81. The molecule has 0 unspecified atom stereocenters. The third-order valence-corrected chi connectivity index (χ3v) is 7.19. The maximum absolute atomic E-state index is 13.2. The van der Waals surface area contributed by atoms with Crippen LogP contribution in [0.2, 0.25) is 0 Å². The number of sulfonamides is 1. The van der Waals surface area contributed by atoms with Gasteiger partial charge in [0.2, 0.25) is 16.0 Å². The summed E-state index contributed by atoms with van der Waals surface area (Å²) in [5, 5.41) is 6.04. The van der Waals surface area contributed by atoms with Gasteiger partial charge in [-0.25, -0.2) is 13.4 Å². The molecule has 1 atom stereocenters. The smallest absolute Gasteiger partial charge is 0.258 e. The number of carbonyl (C=O) groups is 1. The number of aromatic nitrogens is 2. The number of piperidine rings is 1. The van der Waals surface area contributed by atoms with E-state index in [-0.39, 0.29) is 11.7 Å². The Morgan fingerprint density at radius 1 is 1.24 bits per heavy atom. The summed E-state index contributed by atoms with van der Waals surface area (Å²) in [5.74, 6) is 1.01. The number of nitrogens with zero attached hydrogens (tertiary/aromatic N) is 3. The summed E-state index contributed by atoms with van der Waals surface area (Å²) in [6, 6.07) is 6.70. The van der Waals surface area contributed by atoms with E-state index in [9.17, 15) is 13.2 Å². The van der Waals surface area contributed by atoms with Crippen LogP contribution in [0.1, 0.15) is 43.0 Å². The minimum atomic E-state index is -3.43. The fourth-order valence-electron chi connectivity index (χ4n) is 4.15. The molecule has 0 aliphatic carbocycles. The molecule has 1 saturated heterocycles. The first kappa shape index (κ1) is 23.0. The number of carbonyl (C=O) groups excluding carboxylic acids is 1. The monoisotopic (exact) mass is 470 g/mol.